The number of hydrogen-bond donors (Lipinski definition) is 3. The van der Waals surface area contributed by atoms with E-state index in [9.17, 15) is 15.0 Å². The lowest BCUT2D eigenvalue weighted by Gasteiger charge is -2.31. The van der Waals surface area contributed by atoms with E-state index in [0.717, 1.165) is 25.7 Å². The Morgan fingerprint density at radius 3 is 2.58 bits per heavy atom. The molecule has 104 valence electrons. The highest BCUT2D eigenvalue weighted by molar-refractivity contribution is 5.91. The summed E-state index contributed by atoms with van der Waals surface area (Å²) in [6.45, 7) is 0. The molecule has 0 radical (unpaired) electrons. The third-order valence-corrected chi connectivity index (χ3v) is 3.67. The highest BCUT2D eigenvalue weighted by Gasteiger charge is 2.22. The lowest BCUT2D eigenvalue weighted by Crippen LogP contribution is -2.40. The van der Waals surface area contributed by atoms with Crippen molar-refractivity contribution in [3.8, 4) is 11.5 Å². The standard InChI is InChI=1S/C14H20N2O3/c1-16(10-5-3-2-4-6-10)14(19)15-12-8-7-11(17)9-13(12)18/h7-10,17-18H,2-6H2,1H3,(H,15,19). The lowest BCUT2D eigenvalue weighted by molar-refractivity contribution is 0.186. The molecule has 1 aliphatic carbocycles. The summed E-state index contributed by atoms with van der Waals surface area (Å²) >= 11 is 0. The zero-order valence-corrected chi connectivity index (χ0v) is 11.1. The summed E-state index contributed by atoms with van der Waals surface area (Å²) in [5.41, 5.74) is 0.311. The van der Waals surface area contributed by atoms with Crippen LogP contribution in [0.25, 0.3) is 0 Å². The van der Waals surface area contributed by atoms with Crippen LogP contribution in [0.2, 0.25) is 0 Å². The summed E-state index contributed by atoms with van der Waals surface area (Å²) in [5.74, 6) is -0.165. The molecule has 1 saturated carbocycles. The first kappa shape index (κ1) is 13.5. The van der Waals surface area contributed by atoms with Crippen LogP contribution < -0.4 is 5.32 Å². The number of rotatable bonds is 2. The Bertz CT molecular complexity index is 456. The smallest absolute Gasteiger partial charge is 0.321 e. The molecule has 1 aromatic carbocycles. The predicted molar refractivity (Wildman–Crippen MR) is 73.4 cm³/mol. The maximum atomic E-state index is 12.1. The molecule has 5 nitrogen and oxygen atoms in total. The van der Waals surface area contributed by atoms with Crippen molar-refractivity contribution in [3.63, 3.8) is 0 Å². The van der Waals surface area contributed by atoms with Gasteiger partial charge in [-0.15, -0.1) is 0 Å². The fourth-order valence-electron chi connectivity index (χ4n) is 2.46. The van der Waals surface area contributed by atoms with Crippen molar-refractivity contribution < 1.29 is 15.0 Å². The van der Waals surface area contributed by atoms with Gasteiger partial charge in [-0.25, -0.2) is 4.79 Å². The van der Waals surface area contributed by atoms with Gasteiger partial charge in [0.15, 0.2) is 0 Å². The lowest BCUT2D eigenvalue weighted by atomic mass is 9.95. The van der Waals surface area contributed by atoms with Crippen molar-refractivity contribution in [2.45, 2.75) is 38.1 Å². The highest BCUT2D eigenvalue weighted by atomic mass is 16.3. The maximum absolute atomic E-state index is 12.1. The van der Waals surface area contributed by atoms with Crippen molar-refractivity contribution in [1.82, 2.24) is 4.90 Å². The fourth-order valence-corrected chi connectivity index (χ4v) is 2.46. The summed E-state index contributed by atoms with van der Waals surface area (Å²) in [7, 11) is 1.78. The number of nitrogens with one attached hydrogen (secondary N) is 1. The van der Waals surface area contributed by atoms with Gasteiger partial charge < -0.3 is 20.4 Å². The summed E-state index contributed by atoms with van der Waals surface area (Å²) in [6.07, 6.45) is 5.63. The third-order valence-electron chi connectivity index (χ3n) is 3.67. The number of phenols is 2. The Morgan fingerprint density at radius 2 is 1.95 bits per heavy atom. The number of carbonyl (C=O) groups excluding carboxylic acids is 1. The van der Waals surface area contributed by atoms with Crippen molar-refractivity contribution >= 4 is 11.7 Å². The second kappa shape index (κ2) is 5.82. The van der Waals surface area contributed by atoms with Crippen LogP contribution >= 0.6 is 0 Å². The molecule has 5 heteroatoms. The maximum Gasteiger partial charge on any atom is 0.321 e. The quantitative estimate of drug-likeness (QED) is 0.568. The highest BCUT2D eigenvalue weighted by Crippen LogP contribution is 2.28. The minimum absolute atomic E-state index is 0.0314. The molecule has 0 aliphatic heterocycles. The molecule has 1 aromatic rings. The van der Waals surface area contributed by atoms with Gasteiger partial charge in [-0.3, -0.25) is 0 Å². The van der Waals surface area contributed by atoms with Gasteiger partial charge in [-0.05, 0) is 25.0 Å². The average molecular weight is 264 g/mol. The van der Waals surface area contributed by atoms with E-state index < -0.39 is 0 Å². The number of nitrogens with zero attached hydrogens (tertiary/aromatic N) is 1. The number of urea groups is 1. The number of amides is 2. The molecular weight excluding hydrogens is 244 g/mol. The van der Waals surface area contributed by atoms with Crippen LogP contribution in [0, 0.1) is 0 Å². The third kappa shape index (κ3) is 3.30. The first-order valence-corrected chi connectivity index (χ1v) is 6.63. The van der Waals surface area contributed by atoms with E-state index in [2.05, 4.69) is 5.32 Å². The van der Waals surface area contributed by atoms with E-state index in [0.29, 0.717) is 5.69 Å². The summed E-state index contributed by atoms with van der Waals surface area (Å²) in [4.78, 5) is 13.8. The molecule has 0 unspecified atom stereocenters. The molecule has 0 aromatic heterocycles. The Hall–Kier alpha value is -1.91. The molecule has 0 spiro atoms. The normalized spacial score (nSPS) is 16.1. The molecule has 2 amide bonds. The van der Waals surface area contributed by atoms with E-state index in [1.165, 1.54) is 24.6 Å². The number of phenolic OH excluding ortho intramolecular Hbond substituents is 2. The van der Waals surface area contributed by atoms with Crippen LogP contribution in [0.15, 0.2) is 18.2 Å². The molecule has 19 heavy (non-hydrogen) atoms. The van der Waals surface area contributed by atoms with E-state index >= 15 is 0 Å². The summed E-state index contributed by atoms with van der Waals surface area (Å²) < 4.78 is 0. The van der Waals surface area contributed by atoms with E-state index in [1.54, 1.807) is 11.9 Å². The molecule has 2 rings (SSSR count). The fraction of sp³-hybridized carbons (Fsp3) is 0.500. The summed E-state index contributed by atoms with van der Waals surface area (Å²) in [6, 6.07) is 4.16. The van der Waals surface area contributed by atoms with E-state index in [1.807, 2.05) is 0 Å². The minimum atomic E-state index is -0.229. The topological polar surface area (TPSA) is 72.8 Å². The SMILES string of the molecule is CN(C(=O)Nc1ccc(O)cc1O)C1CCCCC1. The van der Waals surface area contributed by atoms with Crippen LogP contribution in [0.1, 0.15) is 32.1 Å². The first-order valence-electron chi connectivity index (χ1n) is 6.63. The summed E-state index contributed by atoms with van der Waals surface area (Å²) in [5, 5.41) is 21.5. The predicted octanol–water partition coefficient (Wildman–Crippen LogP) is 2.89. The monoisotopic (exact) mass is 264 g/mol. The minimum Gasteiger partial charge on any atom is -0.508 e. The molecule has 0 bridgehead atoms. The van der Waals surface area contributed by atoms with Crippen molar-refractivity contribution in [3.05, 3.63) is 18.2 Å². The van der Waals surface area contributed by atoms with Crippen LogP contribution in [0.4, 0.5) is 10.5 Å². The molecular formula is C14H20N2O3. The van der Waals surface area contributed by atoms with Gasteiger partial charge in [0.25, 0.3) is 0 Å². The van der Waals surface area contributed by atoms with Crippen molar-refractivity contribution in [1.29, 1.82) is 0 Å². The zero-order chi connectivity index (χ0) is 13.8. The van der Waals surface area contributed by atoms with Gasteiger partial charge in [-0.2, -0.15) is 0 Å². The van der Waals surface area contributed by atoms with Gasteiger partial charge in [-0.1, -0.05) is 19.3 Å². The van der Waals surface area contributed by atoms with Crippen LogP contribution in [0.3, 0.4) is 0 Å². The molecule has 0 heterocycles. The number of carbonyl (C=O) groups is 1. The van der Waals surface area contributed by atoms with E-state index in [4.69, 9.17) is 0 Å². The average Bonchev–Trinajstić information content (AvgIpc) is 2.42. The van der Waals surface area contributed by atoms with Gasteiger partial charge in [0.05, 0.1) is 5.69 Å². The molecule has 3 N–H and O–H groups in total. The van der Waals surface area contributed by atoms with Gasteiger partial charge in [0, 0.05) is 19.2 Å². The zero-order valence-electron chi connectivity index (χ0n) is 11.1. The van der Waals surface area contributed by atoms with E-state index in [-0.39, 0.29) is 23.6 Å². The molecule has 1 aliphatic rings. The van der Waals surface area contributed by atoms with Crippen molar-refractivity contribution in [2.75, 3.05) is 12.4 Å². The Labute approximate surface area is 112 Å². The molecule has 0 atom stereocenters. The molecule has 1 fully saturated rings. The Morgan fingerprint density at radius 1 is 1.26 bits per heavy atom. The Kier molecular flexibility index (Phi) is 4.14. The first-order chi connectivity index (χ1) is 9.08. The largest absolute Gasteiger partial charge is 0.508 e. The van der Waals surface area contributed by atoms with Crippen LogP contribution in [0.5, 0.6) is 11.5 Å². The van der Waals surface area contributed by atoms with Crippen LogP contribution in [-0.2, 0) is 0 Å². The second-order valence-corrected chi connectivity index (χ2v) is 5.03. The Balaban J connectivity index is 1.99. The number of benzene rings is 1. The number of anilines is 1. The van der Waals surface area contributed by atoms with Crippen LogP contribution in [-0.4, -0.2) is 34.2 Å². The van der Waals surface area contributed by atoms with Crippen molar-refractivity contribution in [2.24, 2.45) is 0 Å². The van der Waals surface area contributed by atoms with Gasteiger partial charge in [0.2, 0.25) is 0 Å². The molecule has 0 saturated heterocycles. The number of aromatic hydroxyl groups is 2. The van der Waals surface area contributed by atoms with Gasteiger partial charge >= 0.3 is 6.03 Å². The van der Waals surface area contributed by atoms with Gasteiger partial charge in [0.1, 0.15) is 11.5 Å². The second-order valence-electron chi connectivity index (χ2n) is 5.03. The number of hydrogen-bond acceptors (Lipinski definition) is 3.